The second-order valence-corrected chi connectivity index (χ2v) is 5.81. The molecule has 1 saturated heterocycles. The van der Waals surface area contributed by atoms with Crippen molar-refractivity contribution in [1.82, 2.24) is 4.90 Å². The smallest absolute Gasteiger partial charge is 0.170 e. The maximum absolute atomic E-state index is 13.4. The lowest BCUT2D eigenvalue weighted by Gasteiger charge is -2.37. The Balaban J connectivity index is 1.88. The Morgan fingerprint density at radius 2 is 2.20 bits per heavy atom. The first-order valence-corrected chi connectivity index (χ1v) is 7.36. The summed E-state index contributed by atoms with van der Waals surface area (Å²) in [7, 11) is 0. The average Bonchev–Trinajstić information content (AvgIpc) is 2.60. The molecule has 20 heavy (non-hydrogen) atoms. The SMILES string of the molecule is CCN1CCCC2(CC1)CC(=O)c1ccc(F)cc1O2. The van der Waals surface area contributed by atoms with Crippen molar-refractivity contribution in [3.8, 4) is 5.75 Å². The van der Waals surface area contributed by atoms with Gasteiger partial charge in [-0.15, -0.1) is 0 Å². The van der Waals surface area contributed by atoms with E-state index >= 15 is 0 Å². The van der Waals surface area contributed by atoms with Crippen LogP contribution in [-0.4, -0.2) is 35.9 Å². The summed E-state index contributed by atoms with van der Waals surface area (Å²) in [5, 5.41) is 0. The van der Waals surface area contributed by atoms with Crippen molar-refractivity contribution in [2.45, 2.75) is 38.2 Å². The molecule has 1 atom stereocenters. The quantitative estimate of drug-likeness (QED) is 0.790. The highest BCUT2D eigenvalue weighted by atomic mass is 19.1. The summed E-state index contributed by atoms with van der Waals surface area (Å²) in [4.78, 5) is 14.7. The Morgan fingerprint density at radius 3 is 3.00 bits per heavy atom. The van der Waals surface area contributed by atoms with E-state index < -0.39 is 5.60 Å². The molecule has 1 fully saturated rings. The number of ether oxygens (including phenoxy) is 1. The van der Waals surface area contributed by atoms with Crippen LogP contribution in [0.25, 0.3) is 0 Å². The molecule has 4 heteroatoms. The van der Waals surface area contributed by atoms with Gasteiger partial charge in [0, 0.05) is 19.0 Å². The third-order valence-electron chi connectivity index (χ3n) is 4.49. The monoisotopic (exact) mass is 277 g/mol. The maximum Gasteiger partial charge on any atom is 0.170 e. The summed E-state index contributed by atoms with van der Waals surface area (Å²) in [6.45, 7) is 5.16. The van der Waals surface area contributed by atoms with Crippen LogP contribution in [0.2, 0.25) is 0 Å². The van der Waals surface area contributed by atoms with Gasteiger partial charge in [-0.25, -0.2) is 4.39 Å². The number of fused-ring (bicyclic) bond motifs is 1. The van der Waals surface area contributed by atoms with Crippen LogP contribution in [-0.2, 0) is 0 Å². The Morgan fingerprint density at radius 1 is 1.35 bits per heavy atom. The standard InChI is InChI=1S/C16H20FNO2/c1-2-18-8-3-6-16(7-9-18)11-14(19)13-5-4-12(17)10-15(13)20-16/h4-5,10H,2-3,6-9,11H2,1H3. The van der Waals surface area contributed by atoms with Gasteiger partial charge in [-0.3, -0.25) is 4.79 Å². The van der Waals surface area contributed by atoms with E-state index in [1.54, 1.807) is 0 Å². The molecule has 0 radical (unpaired) electrons. The summed E-state index contributed by atoms with van der Waals surface area (Å²) >= 11 is 0. The number of Topliss-reactive ketones (excluding diaryl/α,β-unsaturated/α-hetero) is 1. The molecule has 0 aliphatic carbocycles. The Kier molecular flexibility index (Phi) is 3.50. The fourth-order valence-electron chi connectivity index (χ4n) is 3.29. The Bertz CT molecular complexity index is 531. The van der Waals surface area contributed by atoms with Crippen molar-refractivity contribution in [1.29, 1.82) is 0 Å². The second-order valence-electron chi connectivity index (χ2n) is 5.81. The molecule has 0 amide bonds. The molecule has 0 bridgehead atoms. The van der Waals surface area contributed by atoms with Gasteiger partial charge >= 0.3 is 0 Å². The number of benzene rings is 1. The summed E-state index contributed by atoms with van der Waals surface area (Å²) in [6.07, 6.45) is 3.14. The molecule has 1 spiro atoms. The number of hydrogen-bond donors (Lipinski definition) is 0. The first-order valence-electron chi connectivity index (χ1n) is 7.36. The number of rotatable bonds is 1. The summed E-state index contributed by atoms with van der Waals surface area (Å²) in [6, 6.07) is 4.20. The highest BCUT2D eigenvalue weighted by molar-refractivity contribution is 6.00. The fourth-order valence-corrected chi connectivity index (χ4v) is 3.29. The van der Waals surface area contributed by atoms with Gasteiger partial charge in [-0.05, 0) is 38.1 Å². The van der Waals surface area contributed by atoms with Gasteiger partial charge in [0.15, 0.2) is 5.78 Å². The van der Waals surface area contributed by atoms with Crippen molar-refractivity contribution >= 4 is 5.78 Å². The third kappa shape index (κ3) is 2.44. The minimum absolute atomic E-state index is 0.0798. The average molecular weight is 277 g/mol. The number of carbonyl (C=O) groups excluding carboxylic acids is 1. The lowest BCUT2D eigenvalue weighted by atomic mass is 9.84. The highest BCUT2D eigenvalue weighted by Gasteiger charge is 2.41. The number of halogens is 1. The molecule has 3 rings (SSSR count). The number of ketones is 1. The van der Waals surface area contributed by atoms with Crippen LogP contribution < -0.4 is 4.74 Å². The van der Waals surface area contributed by atoms with Crippen molar-refractivity contribution in [2.75, 3.05) is 19.6 Å². The molecule has 3 nitrogen and oxygen atoms in total. The van der Waals surface area contributed by atoms with Gasteiger partial charge in [0.1, 0.15) is 17.2 Å². The summed E-state index contributed by atoms with van der Waals surface area (Å²) in [5.41, 5.74) is 0.0931. The van der Waals surface area contributed by atoms with Crippen LogP contribution in [0.5, 0.6) is 5.75 Å². The first-order chi connectivity index (χ1) is 9.62. The van der Waals surface area contributed by atoms with Crippen LogP contribution in [0.4, 0.5) is 4.39 Å². The molecule has 2 aliphatic heterocycles. The van der Waals surface area contributed by atoms with E-state index in [1.807, 2.05) is 0 Å². The van der Waals surface area contributed by atoms with E-state index in [0.29, 0.717) is 17.7 Å². The lowest BCUT2D eigenvalue weighted by molar-refractivity contribution is 0.0299. The predicted octanol–water partition coefficient (Wildman–Crippen LogP) is 3.04. The van der Waals surface area contributed by atoms with Gasteiger partial charge in [-0.1, -0.05) is 6.92 Å². The molecule has 1 unspecified atom stereocenters. The van der Waals surface area contributed by atoms with Crippen LogP contribution in [0.15, 0.2) is 18.2 Å². The molecular formula is C16H20FNO2. The van der Waals surface area contributed by atoms with Crippen LogP contribution in [0.3, 0.4) is 0 Å². The topological polar surface area (TPSA) is 29.5 Å². The molecule has 0 aromatic heterocycles. The fraction of sp³-hybridized carbons (Fsp3) is 0.562. The molecule has 2 aliphatic rings. The first kappa shape index (κ1) is 13.6. The zero-order valence-corrected chi connectivity index (χ0v) is 11.8. The molecule has 1 aromatic rings. The molecule has 108 valence electrons. The van der Waals surface area contributed by atoms with Gasteiger partial charge in [0.05, 0.1) is 12.0 Å². The number of carbonyl (C=O) groups is 1. The third-order valence-corrected chi connectivity index (χ3v) is 4.49. The second kappa shape index (κ2) is 5.17. The normalized spacial score (nSPS) is 27.0. The van der Waals surface area contributed by atoms with Gasteiger partial charge in [0.25, 0.3) is 0 Å². The summed E-state index contributed by atoms with van der Waals surface area (Å²) < 4.78 is 19.5. The van der Waals surface area contributed by atoms with E-state index in [2.05, 4.69) is 11.8 Å². The van der Waals surface area contributed by atoms with Crippen LogP contribution >= 0.6 is 0 Å². The van der Waals surface area contributed by atoms with Crippen LogP contribution in [0, 0.1) is 5.82 Å². The molecule has 0 saturated carbocycles. The van der Waals surface area contributed by atoms with Gasteiger partial charge in [-0.2, -0.15) is 0 Å². The van der Waals surface area contributed by atoms with Crippen molar-refractivity contribution in [2.24, 2.45) is 0 Å². The van der Waals surface area contributed by atoms with Gasteiger partial charge < -0.3 is 9.64 Å². The largest absolute Gasteiger partial charge is 0.486 e. The minimum Gasteiger partial charge on any atom is -0.486 e. The Labute approximate surface area is 118 Å². The molecule has 0 N–H and O–H groups in total. The minimum atomic E-state index is -0.429. The summed E-state index contributed by atoms with van der Waals surface area (Å²) in [5.74, 6) is 0.153. The molecular weight excluding hydrogens is 257 g/mol. The van der Waals surface area contributed by atoms with Crippen molar-refractivity contribution in [3.05, 3.63) is 29.6 Å². The number of hydrogen-bond acceptors (Lipinski definition) is 3. The van der Waals surface area contributed by atoms with Crippen LogP contribution in [0.1, 0.15) is 43.0 Å². The van der Waals surface area contributed by atoms with E-state index in [9.17, 15) is 9.18 Å². The van der Waals surface area contributed by atoms with E-state index in [-0.39, 0.29) is 11.6 Å². The molecule has 2 heterocycles. The predicted molar refractivity (Wildman–Crippen MR) is 74.7 cm³/mol. The maximum atomic E-state index is 13.4. The molecule has 1 aromatic carbocycles. The van der Waals surface area contributed by atoms with Gasteiger partial charge in [0.2, 0.25) is 0 Å². The number of likely N-dealkylation sites (tertiary alicyclic amines) is 1. The zero-order valence-electron chi connectivity index (χ0n) is 11.8. The van der Waals surface area contributed by atoms with E-state index in [0.717, 1.165) is 38.9 Å². The van der Waals surface area contributed by atoms with E-state index in [1.165, 1.54) is 18.2 Å². The Hall–Kier alpha value is -1.42. The zero-order chi connectivity index (χ0) is 14.2. The highest BCUT2D eigenvalue weighted by Crippen LogP contribution is 2.39. The van der Waals surface area contributed by atoms with Crippen molar-refractivity contribution < 1.29 is 13.9 Å². The van der Waals surface area contributed by atoms with Crippen molar-refractivity contribution in [3.63, 3.8) is 0 Å². The lowest BCUT2D eigenvalue weighted by Crippen LogP contribution is -2.43. The van der Waals surface area contributed by atoms with E-state index in [4.69, 9.17) is 4.74 Å². The number of nitrogens with zero attached hydrogens (tertiary/aromatic N) is 1.